The average Bonchev–Trinajstić information content (AvgIpc) is 2.97. The van der Waals surface area contributed by atoms with Crippen LogP contribution < -0.4 is 5.32 Å². The molecule has 0 spiro atoms. The Balaban J connectivity index is 2.13. The number of halogens is 3. The summed E-state index contributed by atoms with van der Waals surface area (Å²) in [5, 5.41) is 11.5. The summed E-state index contributed by atoms with van der Waals surface area (Å²) in [7, 11) is 0. The van der Waals surface area contributed by atoms with Crippen LogP contribution in [0.15, 0.2) is 29.6 Å². The number of amides is 1. The third-order valence-corrected chi connectivity index (χ3v) is 4.27. The van der Waals surface area contributed by atoms with E-state index in [1.165, 1.54) is 38.1 Å². The molecule has 2 aromatic rings. The number of carbonyl (C=O) groups excluding carboxylic acids is 1. The van der Waals surface area contributed by atoms with Gasteiger partial charge in [0.15, 0.2) is 5.01 Å². The molecule has 128 valence electrons. The quantitative estimate of drug-likeness (QED) is 0.872. The van der Waals surface area contributed by atoms with Crippen molar-refractivity contribution in [3.8, 4) is 0 Å². The molecule has 1 amide bonds. The summed E-state index contributed by atoms with van der Waals surface area (Å²) in [6, 6.07) is 6.03. The molecule has 2 N–H and O–H groups in total. The lowest BCUT2D eigenvalue weighted by Gasteiger charge is -2.19. The summed E-state index contributed by atoms with van der Waals surface area (Å²) in [6.45, 7) is 3.08. The number of aliphatic carboxylic acids is 1. The van der Waals surface area contributed by atoms with E-state index in [-0.39, 0.29) is 5.69 Å². The Labute approximate surface area is 139 Å². The molecule has 1 heterocycles. The Hall–Kier alpha value is -2.42. The summed E-state index contributed by atoms with van der Waals surface area (Å²) >= 11 is 0.342. The summed E-state index contributed by atoms with van der Waals surface area (Å²) < 4.78 is 37.4. The number of aromatic nitrogens is 1. The Kier molecular flexibility index (Phi) is 4.66. The fourth-order valence-electron chi connectivity index (χ4n) is 1.80. The van der Waals surface area contributed by atoms with Gasteiger partial charge in [-0.2, -0.15) is 13.2 Å². The van der Waals surface area contributed by atoms with E-state index in [2.05, 4.69) is 10.3 Å². The van der Waals surface area contributed by atoms with Gasteiger partial charge in [-0.25, -0.2) is 4.98 Å². The van der Waals surface area contributed by atoms with Crippen LogP contribution in [0.3, 0.4) is 0 Å². The summed E-state index contributed by atoms with van der Waals surface area (Å²) in [4.78, 5) is 26.4. The number of hydrogen-bond acceptors (Lipinski definition) is 4. The predicted molar refractivity (Wildman–Crippen MR) is 82.2 cm³/mol. The molecule has 0 aliphatic rings. The van der Waals surface area contributed by atoms with Gasteiger partial charge in [0.05, 0.1) is 5.41 Å². The monoisotopic (exact) mass is 358 g/mol. The van der Waals surface area contributed by atoms with Gasteiger partial charge in [-0.3, -0.25) is 9.59 Å². The Morgan fingerprint density at radius 1 is 1.17 bits per heavy atom. The van der Waals surface area contributed by atoms with Gasteiger partial charge in [0.1, 0.15) is 5.69 Å². The maximum Gasteiger partial charge on any atom is 0.443 e. The van der Waals surface area contributed by atoms with E-state index in [0.29, 0.717) is 22.6 Å². The first-order valence-corrected chi connectivity index (χ1v) is 7.58. The van der Waals surface area contributed by atoms with Crippen molar-refractivity contribution >= 4 is 28.9 Å². The number of thiazole rings is 1. The molecule has 0 aliphatic carbocycles. The summed E-state index contributed by atoms with van der Waals surface area (Å²) in [5.41, 5.74) is -0.575. The zero-order valence-electron chi connectivity index (χ0n) is 12.6. The van der Waals surface area contributed by atoms with Crippen LogP contribution in [-0.4, -0.2) is 22.0 Å². The number of hydrogen-bond donors (Lipinski definition) is 2. The van der Waals surface area contributed by atoms with Crippen LogP contribution in [0.1, 0.15) is 34.9 Å². The normalized spacial score (nSPS) is 12.0. The maximum absolute atomic E-state index is 12.5. The molecule has 1 aromatic carbocycles. The van der Waals surface area contributed by atoms with E-state index < -0.39 is 28.5 Å². The molecule has 9 heteroatoms. The molecule has 5 nitrogen and oxygen atoms in total. The number of nitrogens with one attached hydrogen (secondary N) is 1. The molecule has 0 radical (unpaired) electrons. The largest absolute Gasteiger partial charge is 0.481 e. The molecule has 2 rings (SSSR count). The lowest BCUT2D eigenvalue weighted by molar-refractivity contribution is -0.142. The van der Waals surface area contributed by atoms with Gasteiger partial charge >= 0.3 is 12.1 Å². The Morgan fingerprint density at radius 3 is 2.21 bits per heavy atom. The average molecular weight is 358 g/mol. The first-order valence-electron chi connectivity index (χ1n) is 6.70. The lowest BCUT2D eigenvalue weighted by atomic mass is 9.85. The van der Waals surface area contributed by atoms with E-state index in [0.717, 1.165) is 5.38 Å². The molecule has 0 saturated carbocycles. The first kappa shape index (κ1) is 17.9. The van der Waals surface area contributed by atoms with Crippen molar-refractivity contribution in [1.29, 1.82) is 0 Å². The minimum atomic E-state index is -4.59. The van der Waals surface area contributed by atoms with Crippen molar-refractivity contribution in [2.45, 2.75) is 25.4 Å². The van der Waals surface area contributed by atoms with E-state index in [4.69, 9.17) is 5.11 Å². The fourth-order valence-corrected chi connectivity index (χ4v) is 2.46. The van der Waals surface area contributed by atoms with Gasteiger partial charge in [-0.15, -0.1) is 11.3 Å². The number of nitrogens with zero attached hydrogens (tertiary/aromatic N) is 1. The number of benzene rings is 1. The van der Waals surface area contributed by atoms with Crippen LogP contribution in [0.4, 0.5) is 18.9 Å². The topological polar surface area (TPSA) is 79.3 Å². The molecular weight excluding hydrogens is 345 g/mol. The highest BCUT2D eigenvalue weighted by molar-refractivity contribution is 7.10. The van der Waals surface area contributed by atoms with Gasteiger partial charge in [0.25, 0.3) is 5.91 Å². The van der Waals surface area contributed by atoms with Crippen LogP contribution in [-0.2, 0) is 16.4 Å². The van der Waals surface area contributed by atoms with E-state index in [1.54, 1.807) is 0 Å². The molecule has 0 atom stereocenters. The van der Waals surface area contributed by atoms with Gasteiger partial charge in [0.2, 0.25) is 0 Å². The van der Waals surface area contributed by atoms with Crippen molar-refractivity contribution in [2.75, 3.05) is 5.32 Å². The number of rotatable bonds is 4. The van der Waals surface area contributed by atoms with E-state index in [9.17, 15) is 22.8 Å². The van der Waals surface area contributed by atoms with Crippen molar-refractivity contribution in [1.82, 2.24) is 4.98 Å². The number of carboxylic acids is 1. The third kappa shape index (κ3) is 3.73. The fraction of sp³-hybridized carbons (Fsp3) is 0.267. The maximum atomic E-state index is 12.5. The third-order valence-electron chi connectivity index (χ3n) is 3.38. The zero-order valence-corrected chi connectivity index (χ0v) is 13.5. The van der Waals surface area contributed by atoms with Crippen LogP contribution in [0, 0.1) is 0 Å². The molecule has 0 fully saturated rings. The molecule has 24 heavy (non-hydrogen) atoms. The molecule has 1 aromatic heterocycles. The molecule has 0 aliphatic heterocycles. The minimum absolute atomic E-state index is 0.325. The second-order valence-electron chi connectivity index (χ2n) is 5.50. The predicted octanol–water partition coefficient (Wildman–Crippen LogP) is 3.78. The summed E-state index contributed by atoms with van der Waals surface area (Å²) in [6.07, 6.45) is -4.59. The SMILES string of the molecule is CC(C)(C(=O)O)c1ccc(NC(=O)c2csc(C(F)(F)F)n2)cc1. The van der Waals surface area contributed by atoms with Crippen molar-refractivity contribution in [3.63, 3.8) is 0 Å². The number of alkyl halides is 3. The highest BCUT2D eigenvalue weighted by atomic mass is 32.1. The minimum Gasteiger partial charge on any atom is -0.481 e. The summed E-state index contributed by atoms with van der Waals surface area (Å²) in [5.74, 6) is -1.77. The highest BCUT2D eigenvalue weighted by Crippen LogP contribution is 2.31. The molecule has 0 bridgehead atoms. The first-order chi connectivity index (χ1) is 11.0. The van der Waals surface area contributed by atoms with Gasteiger partial charge in [-0.1, -0.05) is 12.1 Å². The van der Waals surface area contributed by atoms with Crippen LogP contribution in [0.2, 0.25) is 0 Å². The van der Waals surface area contributed by atoms with Gasteiger partial charge in [0, 0.05) is 11.1 Å². The Morgan fingerprint density at radius 2 is 1.75 bits per heavy atom. The van der Waals surface area contributed by atoms with Crippen LogP contribution in [0.25, 0.3) is 0 Å². The lowest BCUT2D eigenvalue weighted by Crippen LogP contribution is -2.28. The van der Waals surface area contributed by atoms with Crippen LogP contribution >= 0.6 is 11.3 Å². The molecular formula is C15H13F3N2O3S. The van der Waals surface area contributed by atoms with Crippen LogP contribution in [0.5, 0.6) is 0 Å². The second kappa shape index (κ2) is 6.23. The van der Waals surface area contributed by atoms with E-state index >= 15 is 0 Å². The van der Waals surface area contributed by atoms with E-state index in [1.807, 2.05) is 0 Å². The van der Waals surface area contributed by atoms with Crippen molar-refractivity contribution in [2.24, 2.45) is 0 Å². The number of anilines is 1. The van der Waals surface area contributed by atoms with Crippen molar-refractivity contribution in [3.05, 3.63) is 45.9 Å². The highest BCUT2D eigenvalue weighted by Gasteiger charge is 2.35. The molecule has 0 unspecified atom stereocenters. The second-order valence-corrected chi connectivity index (χ2v) is 6.36. The van der Waals surface area contributed by atoms with Gasteiger partial charge < -0.3 is 10.4 Å². The van der Waals surface area contributed by atoms with Gasteiger partial charge in [-0.05, 0) is 31.5 Å². The number of carboxylic acid groups (broad SMARTS) is 1. The Bertz CT molecular complexity index is 767. The number of carbonyl (C=O) groups is 2. The standard InChI is InChI=1S/C15H13F3N2O3S/c1-14(2,13(22)23)8-3-5-9(6-4-8)19-11(21)10-7-24-12(20-10)15(16,17)18/h3-7H,1-2H3,(H,19,21)(H,22,23). The smallest absolute Gasteiger partial charge is 0.443 e. The molecule has 0 saturated heterocycles. The zero-order chi connectivity index (χ0) is 18.1. The van der Waals surface area contributed by atoms with Crippen molar-refractivity contribution < 1.29 is 27.9 Å².